The van der Waals surface area contributed by atoms with Crippen LogP contribution in [0.15, 0.2) is 17.5 Å². The molecule has 0 spiro atoms. The average Bonchev–Trinajstić information content (AvgIpc) is 2.98. The van der Waals surface area contributed by atoms with Gasteiger partial charge >= 0.3 is 5.97 Å². The van der Waals surface area contributed by atoms with Gasteiger partial charge in [0.25, 0.3) is 5.91 Å². The average molecular weight is 333 g/mol. The first-order valence-corrected chi connectivity index (χ1v) is 7.07. The quantitative estimate of drug-likeness (QED) is 0.876. The van der Waals surface area contributed by atoms with Gasteiger partial charge in [-0.1, -0.05) is 23.2 Å². The van der Waals surface area contributed by atoms with Gasteiger partial charge in [-0.2, -0.15) is 0 Å². The molecule has 0 aliphatic carbocycles. The molecule has 0 bridgehead atoms. The zero-order chi connectivity index (χ0) is 14.9. The lowest BCUT2D eigenvalue weighted by Gasteiger charge is -2.06. The summed E-state index contributed by atoms with van der Waals surface area (Å²) in [7, 11) is 2.91. The predicted molar refractivity (Wildman–Crippen MR) is 79.0 cm³/mol. The molecular formula is C12H10Cl2N2O3S. The molecule has 5 nitrogen and oxygen atoms in total. The monoisotopic (exact) mass is 332 g/mol. The van der Waals surface area contributed by atoms with Crippen LogP contribution in [0.1, 0.15) is 20.2 Å². The van der Waals surface area contributed by atoms with E-state index in [1.807, 2.05) is 0 Å². The summed E-state index contributed by atoms with van der Waals surface area (Å²) >= 11 is 13.0. The van der Waals surface area contributed by atoms with Crippen LogP contribution in [0.4, 0.5) is 5.69 Å². The number of aromatic nitrogens is 1. The molecule has 0 unspecified atom stereocenters. The number of methoxy groups -OCH3 is 1. The molecule has 0 radical (unpaired) electrons. The maximum absolute atomic E-state index is 12.2. The van der Waals surface area contributed by atoms with Gasteiger partial charge < -0.3 is 14.6 Å². The maximum Gasteiger partial charge on any atom is 0.350 e. The first-order chi connectivity index (χ1) is 9.45. The Morgan fingerprint density at radius 2 is 2.10 bits per heavy atom. The fourth-order valence-electron chi connectivity index (χ4n) is 1.61. The highest BCUT2D eigenvalue weighted by molar-refractivity contribution is 7.12. The van der Waals surface area contributed by atoms with E-state index in [0.29, 0.717) is 16.3 Å². The number of ether oxygens (including phenoxy) is 1. The number of esters is 1. The Labute approximate surface area is 129 Å². The van der Waals surface area contributed by atoms with Crippen molar-refractivity contribution in [2.75, 3.05) is 12.4 Å². The second kappa shape index (κ2) is 5.87. The first-order valence-electron chi connectivity index (χ1n) is 5.43. The summed E-state index contributed by atoms with van der Waals surface area (Å²) in [4.78, 5) is 24.0. The van der Waals surface area contributed by atoms with E-state index < -0.39 is 11.9 Å². The number of thiophene rings is 1. The van der Waals surface area contributed by atoms with Crippen LogP contribution < -0.4 is 5.32 Å². The summed E-state index contributed by atoms with van der Waals surface area (Å²) in [5.41, 5.74) is 0.683. The van der Waals surface area contributed by atoms with Gasteiger partial charge in [0.2, 0.25) is 0 Å². The van der Waals surface area contributed by atoms with Crippen LogP contribution in [0.25, 0.3) is 0 Å². The SMILES string of the molecule is COC(=O)c1sccc1NC(=O)c1cc(Cl)c(Cl)n1C. The van der Waals surface area contributed by atoms with Gasteiger partial charge in [-0.15, -0.1) is 11.3 Å². The molecule has 2 aromatic rings. The molecule has 2 heterocycles. The molecule has 0 aliphatic rings. The Balaban J connectivity index is 2.26. The number of hydrogen-bond acceptors (Lipinski definition) is 4. The van der Waals surface area contributed by atoms with Crippen LogP contribution in [0.3, 0.4) is 0 Å². The molecule has 2 rings (SSSR count). The van der Waals surface area contributed by atoms with Gasteiger partial charge in [0, 0.05) is 7.05 Å². The Kier molecular flexibility index (Phi) is 4.37. The van der Waals surface area contributed by atoms with Crippen LogP contribution in [0.2, 0.25) is 10.2 Å². The van der Waals surface area contributed by atoms with Crippen LogP contribution in [-0.4, -0.2) is 23.6 Å². The molecule has 8 heteroatoms. The van der Waals surface area contributed by atoms with E-state index in [2.05, 4.69) is 10.1 Å². The third-order valence-corrected chi connectivity index (χ3v) is 4.37. The highest BCUT2D eigenvalue weighted by Crippen LogP contribution is 2.27. The van der Waals surface area contributed by atoms with Gasteiger partial charge in [-0.05, 0) is 17.5 Å². The summed E-state index contributed by atoms with van der Waals surface area (Å²) in [6.45, 7) is 0. The minimum atomic E-state index is -0.502. The molecule has 106 valence electrons. The minimum Gasteiger partial charge on any atom is -0.465 e. The Bertz CT molecular complexity index is 678. The number of halogens is 2. The summed E-state index contributed by atoms with van der Waals surface area (Å²) in [6, 6.07) is 3.09. The fourth-order valence-corrected chi connectivity index (χ4v) is 2.75. The standard InChI is InChI=1S/C12H10Cl2N2O3S/c1-16-8(5-6(13)10(16)14)11(17)15-7-3-4-20-9(7)12(18)19-2/h3-5H,1-2H3,(H,15,17). The van der Waals surface area contributed by atoms with Crippen LogP contribution >= 0.6 is 34.5 Å². The van der Waals surface area contributed by atoms with E-state index in [1.165, 1.54) is 29.1 Å². The fraction of sp³-hybridized carbons (Fsp3) is 0.167. The van der Waals surface area contributed by atoms with E-state index in [0.717, 1.165) is 0 Å². The van der Waals surface area contributed by atoms with Crippen LogP contribution in [0.5, 0.6) is 0 Å². The zero-order valence-corrected chi connectivity index (χ0v) is 12.9. The van der Waals surface area contributed by atoms with E-state index in [1.54, 1.807) is 18.5 Å². The first kappa shape index (κ1) is 14.9. The molecular weight excluding hydrogens is 323 g/mol. The zero-order valence-electron chi connectivity index (χ0n) is 10.6. The van der Waals surface area contributed by atoms with Gasteiger partial charge in [0.1, 0.15) is 15.7 Å². The molecule has 1 amide bonds. The number of nitrogens with one attached hydrogen (secondary N) is 1. The lowest BCUT2D eigenvalue weighted by atomic mass is 10.3. The lowest BCUT2D eigenvalue weighted by Crippen LogP contribution is -2.17. The number of carbonyl (C=O) groups excluding carboxylic acids is 2. The third kappa shape index (κ3) is 2.67. The van der Waals surface area contributed by atoms with E-state index >= 15 is 0 Å². The molecule has 20 heavy (non-hydrogen) atoms. The predicted octanol–water partition coefficient (Wildman–Crippen LogP) is 3.43. The molecule has 0 aromatic carbocycles. The Morgan fingerprint density at radius 3 is 2.65 bits per heavy atom. The summed E-state index contributed by atoms with van der Waals surface area (Å²) < 4.78 is 6.10. The van der Waals surface area contributed by atoms with Crippen molar-refractivity contribution in [1.29, 1.82) is 0 Å². The second-order valence-corrected chi connectivity index (χ2v) is 5.52. The van der Waals surface area contributed by atoms with Crippen molar-refractivity contribution in [3.05, 3.63) is 38.3 Å². The van der Waals surface area contributed by atoms with Gasteiger partial charge in [0.05, 0.1) is 17.8 Å². The molecule has 0 saturated carbocycles. The van der Waals surface area contributed by atoms with Crippen molar-refractivity contribution in [3.63, 3.8) is 0 Å². The maximum atomic E-state index is 12.2. The summed E-state index contributed by atoms with van der Waals surface area (Å²) in [5, 5.41) is 4.89. The number of amides is 1. The van der Waals surface area contributed by atoms with Crippen molar-refractivity contribution in [2.45, 2.75) is 0 Å². The van der Waals surface area contributed by atoms with Gasteiger partial charge in [-0.25, -0.2) is 4.79 Å². The number of hydrogen-bond donors (Lipinski definition) is 1. The Morgan fingerprint density at radius 1 is 1.40 bits per heavy atom. The molecule has 2 aromatic heterocycles. The van der Waals surface area contributed by atoms with Crippen molar-refractivity contribution >= 4 is 52.1 Å². The van der Waals surface area contributed by atoms with Crippen molar-refractivity contribution in [1.82, 2.24) is 4.57 Å². The normalized spacial score (nSPS) is 10.4. The largest absolute Gasteiger partial charge is 0.465 e. The minimum absolute atomic E-state index is 0.273. The van der Waals surface area contributed by atoms with Gasteiger partial charge in [0.15, 0.2) is 0 Å². The highest BCUT2D eigenvalue weighted by atomic mass is 35.5. The lowest BCUT2D eigenvalue weighted by molar-refractivity contribution is 0.0607. The van der Waals surface area contributed by atoms with Crippen molar-refractivity contribution in [2.24, 2.45) is 7.05 Å². The topological polar surface area (TPSA) is 60.3 Å². The van der Waals surface area contributed by atoms with E-state index in [-0.39, 0.29) is 10.2 Å². The smallest absolute Gasteiger partial charge is 0.350 e. The molecule has 0 saturated heterocycles. The molecule has 0 aliphatic heterocycles. The third-order valence-electron chi connectivity index (χ3n) is 2.63. The number of rotatable bonds is 3. The van der Waals surface area contributed by atoms with E-state index in [4.69, 9.17) is 23.2 Å². The summed E-state index contributed by atoms with van der Waals surface area (Å²) in [6.07, 6.45) is 0. The van der Waals surface area contributed by atoms with Crippen molar-refractivity contribution in [3.8, 4) is 0 Å². The molecule has 0 fully saturated rings. The highest BCUT2D eigenvalue weighted by Gasteiger charge is 2.19. The van der Waals surface area contributed by atoms with Crippen LogP contribution in [-0.2, 0) is 11.8 Å². The second-order valence-electron chi connectivity index (χ2n) is 3.84. The van der Waals surface area contributed by atoms with Gasteiger partial charge in [-0.3, -0.25) is 4.79 Å². The Hall–Kier alpha value is -1.50. The van der Waals surface area contributed by atoms with Crippen LogP contribution in [0, 0.1) is 0 Å². The number of nitrogens with zero attached hydrogens (tertiary/aromatic N) is 1. The number of carbonyl (C=O) groups is 2. The molecule has 1 N–H and O–H groups in total. The van der Waals surface area contributed by atoms with E-state index in [9.17, 15) is 9.59 Å². The molecule has 0 atom stereocenters. The summed E-state index contributed by atoms with van der Waals surface area (Å²) in [5.74, 6) is -0.914. The van der Waals surface area contributed by atoms with Crippen molar-refractivity contribution < 1.29 is 14.3 Å². The number of anilines is 1.